The Hall–Kier alpha value is -2.35. The Morgan fingerprint density at radius 2 is 1.50 bits per heavy atom. The van der Waals surface area contributed by atoms with Gasteiger partial charge in [-0.3, -0.25) is 0 Å². The van der Waals surface area contributed by atoms with Gasteiger partial charge in [0.15, 0.2) is 17.5 Å². The summed E-state index contributed by atoms with van der Waals surface area (Å²) >= 11 is 0. The minimum absolute atomic E-state index is 0.0226. The molecular weight excluding hydrogens is 315 g/mol. The van der Waals surface area contributed by atoms with Gasteiger partial charge in [0.05, 0.1) is 16.6 Å². The molecule has 0 aliphatic rings. The molecule has 5 heteroatoms. The van der Waals surface area contributed by atoms with E-state index in [-0.39, 0.29) is 17.0 Å². The first kappa shape index (κ1) is 21.6. The lowest BCUT2D eigenvalue weighted by Gasteiger charge is -2.16. The SMILES string of the molecule is C#Cc1c(F)c(F)c(F)c2c(O)c(N)cc(C(C)C)c12.CC.CC. The molecule has 3 N–H and O–H groups in total. The number of fused-ring (bicyclic) bond motifs is 1. The van der Waals surface area contributed by atoms with E-state index in [2.05, 4.69) is 0 Å². The summed E-state index contributed by atoms with van der Waals surface area (Å²) in [7, 11) is 0. The fourth-order valence-corrected chi connectivity index (χ4v) is 2.21. The molecule has 0 fully saturated rings. The molecule has 0 saturated heterocycles. The first-order valence-corrected chi connectivity index (χ1v) is 7.89. The van der Waals surface area contributed by atoms with Crippen molar-refractivity contribution in [3.05, 3.63) is 34.6 Å². The van der Waals surface area contributed by atoms with E-state index in [1.165, 1.54) is 6.07 Å². The summed E-state index contributed by atoms with van der Waals surface area (Å²) in [5.41, 5.74) is 5.50. The zero-order chi connectivity index (χ0) is 19.2. The molecule has 0 saturated carbocycles. The van der Waals surface area contributed by atoms with Gasteiger partial charge in [0.2, 0.25) is 0 Å². The van der Waals surface area contributed by atoms with E-state index in [9.17, 15) is 18.3 Å². The van der Waals surface area contributed by atoms with Gasteiger partial charge >= 0.3 is 0 Å². The van der Waals surface area contributed by atoms with Crippen LogP contribution in [0.15, 0.2) is 6.07 Å². The Kier molecular flexibility index (Phi) is 8.18. The lowest BCUT2D eigenvalue weighted by atomic mass is 9.91. The second-order valence-corrected chi connectivity index (χ2v) is 4.77. The molecule has 0 unspecified atom stereocenters. The number of hydrogen-bond donors (Lipinski definition) is 2. The van der Waals surface area contributed by atoms with Crippen LogP contribution in [-0.2, 0) is 0 Å². The van der Waals surface area contributed by atoms with E-state index < -0.39 is 34.2 Å². The van der Waals surface area contributed by atoms with Crippen LogP contribution in [0.25, 0.3) is 10.8 Å². The Bertz CT molecular complexity index is 762. The predicted octanol–water partition coefficient (Wildman–Crippen LogP) is 5.70. The van der Waals surface area contributed by atoms with Crippen LogP contribution in [0.4, 0.5) is 18.9 Å². The van der Waals surface area contributed by atoms with Crippen molar-refractivity contribution in [1.82, 2.24) is 0 Å². The first-order chi connectivity index (χ1) is 11.3. The number of halogens is 3. The number of phenolic OH excluding ortho intramolecular Hbond substituents is 1. The summed E-state index contributed by atoms with van der Waals surface area (Å²) in [6, 6.07) is 1.39. The van der Waals surface area contributed by atoms with Gasteiger partial charge in [0.1, 0.15) is 5.75 Å². The topological polar surface area (TPSA) is 46.2 Å². The number of rotatable bonds is 1. The maximum absolute atomic E-state index is 14.0. The molecule has 24 heavy (non-hydrogen) atoms. The zero-order valence-electron chi connectivity index (χ0n) is 14.9. The quantitative estimate of drug-likeness (QED) is 0.303. The van der Waals surface area contributed by atoms with E-state index in [0.717, 1.165) is 0 Å². The molecule has 0 heterocycles. The minimum atomic E-state index is -1.72. The molecule has 2 aromatic rings. The van der Waals surface area contributed by atoms with Gasteiger partial charge in [0, 0.05) is 5.39 Å². The molecule has 0 aliphatic carbocycles. The molecule has 2 rings (SSSR count). The molecule has 132 valence electrons. The number of benzene rings is 2. The van der Waals surface area contributed by atoms with E-state index in [1.54, 1.807) is 13.8 Å². The molecule has 0 spiro atoms. The fourth-order valence-electron chi connectivity index (χ4n) is 2.21. The highest BCUT2D eigenvalue weighted by Gasteiger charge is 2.25. The third kappa shape index (κ3) is 3.59. The van der Waals surface area contributed by atoms with Gasteiger partial charge in [-0.05, 0) is 17.5 Å². The second kappa shape index (κ2) is 9.07. The molecule has 2 aromatic carbocycles. The van der Waals surface area contributed by atoms with Crippen molar-refractivity contribution >= 4 is 16.5 Å². The average molecular weight is 339 g/mol. The summed E-state index contributed by atoms with van der Waals surface area (Å²) in [5, 5.41) is 9.35. The van der Waals surface area contributed by atoms with Crippen LogP contribution in [0.5, 0.6) is 5.75 Å². The first-order valence-electron chi connectivity index (χ1n) is 7.89. The molecular formula is C19H24F3NO. The maximum Gasteiger partial charge on any atom is 0.196 e. The Balaban J connectivity index is 0.00000123. The van der Waals surface area contributed by atoms with Gasteiger partial charge in [-0.1, -0.05) is 47.5 Å². The summed E-state index contributed by atoms with van der Waals surface area (Å²) in [6.45, 7) is 11.5. The Morgan fingerprint density at radius 1 is 1.00 bits per heavy atom. The third-order valence-electron chi connectivity index (χ3n) is 3.20. The molecule has 2 nitrogen and oxygen atoms in total. The summed E-state index contributed by atoms with van der Waals surface area (Å²) in [5.74, 6) is -3.46. The van der Waals surface area contributed by atoms with Crippen LogP contribution in [0, 0.1) is 29.8 Å². The van der Waals surface area contributed by atoms with Crippen LogP contribution in [-0.4, -0.2) is 5.11 Å². The van der Waals surface area contributed by atoms with Crippen molar-refractivity contribution in [2.24, 2.45) is 0 Å². The number of anilines is 1. The number of nitrogens with two attached hydrogens (primary N) is 1. The molecule has 0 aliphatic heterocycles. The lowest BCUT2D eigenvalue weighted by Crippen LogP contribution is -2.03. The van der Waals surface area contributed by atoms with Crippen LogP contribution < -0.4 is 5.73 Å². The van der Waals surface area contributed by atoms with Crippen molar-refractivity contribution < 1.29 is 18.3 Å². The number of aromatic hydroxyl groups is 1. The molecule has 0 bridgehead atoms. The van der Waals surface area contributed by atoms with Crippen LogP contribution in [0.1, 0.15) is 58.6 Å². The Morgan fingerprint density at radius 3 is 1.92 bits per heavy atom. The van der Waals surface area contributed by atoms with Gasteiger partial charge < -0.3 is 10.8 Å². The summed E-state index contributed by atoms with van der Waals surface area (Å²) in [6.07, 6.45) is 5.20. The van der Waals surface area contributed by atoms with E-state index in [4.69, 9.17) is 12.2 Å². The largest absolute Gasteiger partial charge is 0.505 e. The molecule has 0 aromatic heterocycles. The number of terminal acetylenes is 1. The molecule has 0 amide bonds. The Labute approximate surface area is 141 Å². The van der Waals surface area contributed by atoms with Crippen LogP contribution in [0.2, 0.25) is 0 Å². The minimum Gasteiger partial charge on any atom is -0.505 e. The summed E-state index contributed by atoms with van der Waals surface area (Å²) < 4.78 is 41.3. The second-order valence-electron chi connectivity index (χ2n) is 4.77. The van der Waals surface area contributed by atoms with Crippen molar-refractivity contribution in [3.8, 4) is 18.1 Å². The van der Waals surface area contributed by atoms with E-state index >= 15 is 0 Å². The smallest absolute Gasteiger partial charge is 0.196 e. The normalized spacial score (nSPS) is 9.71. The van der Waals surface area contributed by atoms with Gasteiger partial charge in [-0.2, -0.15) is 0 Å². The number of hydrogen-bond acceptors (Lipinski definition) is 2. The molecule has 0 atom stereocenters. The van der Waals surface area contributed by atoms with Gasteiger partial charge in [0.25, 0.3) is 0 Å². The van der Waals surface area contributed by atoms with Crippen molar-refractivity contribution in [1.29, 1.82) is 0 Å². The number of nitrogen functional groups attached to an aromatic ring is 1. The highest BCUT2D eigenvalue weighted by atomic mass is 19.2. The number of phenols is 1. The van der Waals surface area contributed by atoms with Crippen LogP contribution in [0.3, 0.4) is 0 Å². The predicted molar refractivity (Wildman–Crippen MR) is 94.6 cm³/mol. The lowest BCUT2D eigenvalue weighted by molar-refractivity contribution is 0.445. The van der Waals surface area contributed by atoms with Gasteiger partial charge in [-0.15, -0.1) is 6.42 Å². The van der Waals surface area contributed by atoms with E-state index in [0.29, 0.717) is 5.56 Å². The van der Waals surface area contributed by atoms with Crippen LogP contribution >= 0.6 is 0 Å². The zero-order valence-corrected chi connectivity index (χ0v) is 14.9. The fraction of sp³-hybridized carbons (Fsp3) is 0.368. The van der Waals surface area contributed by atoms with E-state index in [1.807, 2.05) is 33.6 Å². The average Bonchev–Trinajstić information content (AvgIpc) is 2.59. The van der Waals surface area contributed by atoms with Crippen molar-refractivity contribution in [2.45, 2.75) is 47.5 Å². The van der Waals surface area contributed by atoms with Crippen molar-refractivity contribution in [3.63, 3.8) is 0 Å². The highest BCUT2D eigenvalue weighted by molar-refractivity contribution is 5.99. The molecule has 0 radical (unpaired) electrons. The standard InChI is InChI=1S/C15H12F3NO.2C2H6/c1-4-7-10-8(6(2)3)5-9(19)15(20)11(10)13(17)14(18)12(7)16;2*1-2/h1,5-6,20H,19H2,2-3H3;2*1-2H3. The van der Waals surface area contributed by atoms with Gasteiger partial charge in [-0.25, -0.2) is 13.2 Å². The third-order valence-corrected chi connectivity index (χ3v) is 3.20. The summed E-state index contributed by atoms with van der Waals surface area (Å²) in [4.78, 5) is 0. The monoisotopic (exact) mass is 339 g/mol. The highest BCUT2D eigenvalue weighted by Crippen LogP contribution is 2.41. The maximum atomic E-state index is 14.0. The van der Waals surface area contributed by atoms with Crippen molar-refractivity contribution in [2.75, 3.05) is 5.73 Å².